The molecule has 0 aliphatic rings. The zero-order valence-corrected chi connectivity index (χ0v) is 20.3. The van der Waals surface area contributed by atoms with Crippen LogP contribution in [0.1, 0.15) is 21.5 Å². The molecule has 5 heteroatoms. The fraction of sp³-hybridized carbons (Fsp3) is 0.138. The van der Waals surface area contributed by atoms with Gasteiger partial charge in [0.25, 0.3) is 5.91 Å². The van der Waals surface area contributed by atoms with Gasteiger partial charge < -0.3 is 14.8 Å². The molecule has 0 saturated heterocycles. The number of ether oxygens (including phenoxy) is 2. The molecule has 0 fully saturated rings. The van der Waals surface area contributed by atoms with E-state index in [4.69, 9.17) is 9.47 Å². The number of halogens is 1. The van der Waals surface area contributed by atoms with Crippen LogP contribution in [0, 0.1) is 0 Å². The Morgan fingerprint density at radius 3 is 1.91 bits per heavy atom. The number of carbonyl (C=O) groups is 1. The van der Waals surface area contributed by atoms with E-state index in [0.29, 0.717) is 30.2 Å². The standard InChI is InChI=1S/C29H26BrNO3/c30-24-11-16-28(34-20-18-23-9-5-2-6-10-23)27(21-24)29(32)31-25-12-14-26(15-13-25)33-19-17-22-7-3-1-4-8-22/h1-16,21H,17-20H2,(H,31,32). The first kappa shape index (κ1) is 23.6. The first-order valence-corrected chi connectivity index (χ1v) is 12.0. The maximum absolute atomic E-state index is 13.0. The zero-order valence-electron chi connectivity index (χ0n) is 18.7. The molecule has 0 heterocycles. The molecular weight excluding hydrogens is 490 g/mol. The summed E-state index contributed by atoms with van der Waals surface area (Å²) in [6, 6.07) is 33.2. The van der Waals surface area contributed by atoms with Crippen molar-refractivity contribution in [2.75, 3.05) is 18.5 Å². The lowest BCUT2D eigenvalue weighted by molar-refractivity contribution is 0.102. The van der Waals surface area contributed by atoms with Crippen molar-refractivity contribution in [3.05, 3.63) is 124 Å². The van der Waals surface area contributed by atoms with Gasteiger partial charge in [-0.2, -0.15) is 0 Å². The van der Waals surface area contributed by atoms with Crippen molar-refractivity contribution in [1.82, 2.24) is 0 Å². The van der Waals surface area contributed by atoms with Gasteiger partial charge in [-0.25, -0.2) is 0 Å². The Labute approximate surface area is 208 Å². The van der Waals surface area contributed by atoms with E-state index in [0.717, 1.165) is 23.1 Å². The van der Waals surface area contributed by atoms with Gasteiger partial charge in [-0.1, -0.05) is 76.6 Å². The van der Waals surface area contributed by atoms with E-state index in [-0.39, 0.29) is 5.91 Å². The van der Waals surface area contributed by atoms with Crippen molar-refractivity contribution in [2.24, 2.45) is 0 Å². The predicted octanol–water partition coefficient (Wildman–Crippen LogP) is 6.94. The highest BCUT2D eigenvalue weighted by molar-refractivity contribution is 9.10. The molecule has 0 unspecified atom stereocenters. The molecule has 0 aliphatic carbocycles. The number of amides is 1. The second-order valence-electron chi connectivity index (χ2n) is 7.79. The normalized spacial score (nSPS) is 10.5. The Kier molecular flexibility index (Phi) is 8.36. The molecule has 0 atom stereocenters. The molecule has 0 aliphatic heterocycles. The number of carbonyl (C=O) groups excluding carboxylic acids is 1. The molecule has 4 nitrogen and oxygen atoms in total. The van der Waals surface area contributed by atoms with Crippen LogP contribution in [-0.4, -0.2) is 19.1 Å². The number of anilines is 1. The van der Waals surface area contributed by atoms with Crippen molar-refractivity contribution in [3.63, 3.8) is 0 Å². The summed E-state index contributed by atoms with van der Waals surface area (Å²) < 4.78 is 12.6. The largest absolute Gasteiger partial charge is 0.493 e. The summed E-state index contributed by atoms with van der Waals surface area (Å²) in [5.74, 6) is 1.09. The SMILES string of the molecule is O=C(Nc1ccc(OCCc2ccccc2)cc1)c1cc(Br)ccc1OCCc1ccccc1. The molecule has 172 valence electrons. The Morgan fingerprint density at radius 2 is 1.29 bits per heavy atom. The number of benzene rings is 4. The summed E-state index contributed by atoms with van der Waals surface area (Å²) in [4.78, 5) is 13.0. The third-order valence-electron chi connectivity index (χ3n) is 5.29. The molecule has 1 amide bonds. The Balaban J connectivity index is 1.33. The lowest BCUT2D eigenvalue weighted by atomic mass is 10.1. The van der Waals surface area contributed by atoms with Crippen LogP contribution >= 0.6 is 15.9 Å². The maximum Gasteiger partial charge on any atom is 0.259 e. The van der Waals surface area contributed by atoms with Crippen LogP contribution in [0.25, 0.3) is 0 Å². The number of rotatable bonds is 10. The van der Waals surface area contributed by atoms with Crippen LogP contribution in [0.5, 0.6) is 11.5 Å². The van der Waals surface area contributed by atoms with Gasteiger partial charge in [-0.15, -0.1) is 0 Å². The molecule has 0 saturated carbocycles. The smallest absolute Gasteiger partial charge is 0.259 e. The first-order chi connectivity index (χ1) is 16.7. The molecule has 0 aromatic heterocycles. The lowest BCUT2D eigenvalue weighted by Gasteiger charge is -2.13. The average Bonchev–Trinajstić information content (AvgIpc) is 2.87. The first-order valence-electron chi connectivity index (χ1n) is 11.2. The second-order valence-corrected chi connectivity index (χ2v) is 8.70. The number of hydrogen-bond donors (Lipinski definition) is 1. The molecule has 4 aromatic carbocycles. The van der Waals surface area contributed by atoms with Gasteiger partial charge in [0.2, 0.25) is 0 Å². The van der Waals surface area contributed by atoms with E-state index in [1.54, 1.807) is 6.07 Å². The Morgan fingerprint density at radius 1 is 0.706 bits per heavy atom. The van der Waals surface area contributed by atoms with Crippen LogP contribution in [-0.2, 0) is 12.8 Å². The summed E-state index contributed by atoms with van der Waals surface area (Å²) in [7, 11) is 0. The summed E-state index contributed by atoms with van der Waals surface area (Å²) in [6.07, 6.45) is 1.61. The van der Waals surface area contributed by atoms with Crippen LogP contribution in [0.4, 0.5) is 5.69 Å². The minimum atomic E-state index is -0.228. The second kappa shape index (κ2) is 12.1. The molecule has 4 aromatic rings. The molecule has 0 radical (unpaired) electrons. The minimum Gasteiger partial charge on any atom is -0.493 e. The van der Waals surface area contributed by atoms with E-state index in [1.165, 1.54) is 11.1 Å². The maximum atomic E-state index is 13.0. The fourth-order valence-electron chi connectivity index (χ4n) is 3.49. The molecular formula is C29H26BrNO3. The van der Waals surface area contributed by atoms with Crippen LogP contribution in [0.3, 0.4) is 0 Å². The van der Waals surface area contributed by atoms with Gasteiger partial charge in [0.05, 0.1) is 18.8 Å². The monoisotopic (exact) mass is 515 g/mol. The molecule has 1 N–H and O–H groups in total. The highest BCUT2D eigenvalue weighted by Crippen LogP contribution is 2.25. The van der Waals surface area contributed by atoms with Gasteiger partial charge >= 0.3 is 0 Å². The minimum absolute atomic E-state index is 0.228. The number of hydrogen-bond acceptors (Lipinski definition) is 3. The fourth-order valence-corrected chi connectivity index (χ4v) is 3.85. The summed E-state index contributed by atoms with van der Waals surface area (Å²) in [5.41, 5.74) is 3.60. The summed E-state index contributed by atoms with van der Waals surface area (Å²) >= 11 is 3.45. The molecule has 0 bridgehead atoms. The van der Waals surface area contributed by atoms with Crippen LogP contribution in [0.2, 0.25) is 0 Å². The van der Waals surface area contributed by atoms with Crippen molar-refractivity contribution < 1.29 is 14.3 Å². The lowest BCUT2D eigenvalue weighted by Crippen LogP contribution is -2.14. The van der Waals surface area contributed by atoms with Crippen molar-refractivity contribution in [2.45, 2.75) is 12.8 Å². The van der Waals surface area contributed by atoms with Crippen molar-refractivity contribution >= 4 is 27.5 Å². The van der Waals surface area contributed by atoms with E-state index in [9.17, 15) is 4.79 Å². The van der Waals surface area contributed by atoms with Gasteiger partial charge in [0.15, 0.2) is 0 Å². The van der Waals surface area contributed by atoms with Gasteiger partial charge in [0, 0.05) is 23.0 Å². The van der Waals surface area contributed by atoms with Gasteiger partial charge in [0.1, 0.15) is 11.5 Å². The zero-order chi connectivity index (χ0) is 23.6. The Bertz CT molecular complexity index is 1200. The Hall–Kier alpha value is -3.57. The van der Waals surface area contributed by atoms with Gasteiger partial charge in [-0.05, 0) is 53.6 Å². The van der Waals surface area contributed by atoms with E-state index in [2.05, 4.69) is 45.5 Å². The molecule has 4 rings (SSSR count). The third-order valence-corrected chi connectivity index (χ3v) is 5.79. The summed E-state index contributed by atoms with van der Waals surface area (Å²) in [6.45, 7) is 1.08. The van der Waals surface area contributed by atoms with E-state index in [1.807, 2.05) is 72.8 Å². The molecule has 34 heavy (non-hydrogen) atoms. The molecule has 0 spiro atoms. The quantitative estimate of drug-likeness (QED) is 0.248. The van der Waals surface area contributed by atoms with Crippen LogP contribution in [0.15, 0.2) is 108 Å². The van der Waals surface area contributed by atoms with Crippen LogP contribution < -0.4 is 14.8 Å². The van der Waals surface area contributed by atoms with Crippen molar-refractivity contribution in [3.8, 4) is 11.5 Å². The number of nitrogens with one attached hydrogen (secondary N) is 1. The summed E-state index contributed by atoms with van der Waals surface area (Å²) in [5, 5.41) is 2.95. The topological polar surface area (TPSA) is 47.6 Å². The highest BCUT2D eigenvalue weighted by Gasteiger charge is 2.14. The average molecular weight is 516 g/mol. The third kappa shape index (κ3) is 6.96. The van der Waals surface area contributed by atoms with E-state index >= 15 is 0 Å². The van der Waals surface area contributed by atoms with Gasteiger partial charge in [-0.3, -0.25) is 4.79 Å². The highest BCUT2D eigenvalue weighted by atomic mass is 79.9. The predicted molar refractivity (Wildman–Crippen MR) is 140 cm³/mol. The van der Waals surface area contributed by atoms with Crippen molar-refractivity contribution in [1.29, 1.82) is 0 Å². The van der Waals surface area contributed by atoms with E-state index < -0.39 is 0 Å².